The van der Waals surface area contributed by atoms with Gasteiger partial charge in [0, 0.05) is 18.8 Å². The van der Waals surface area contributed by atoms with Crippen LogP contribution in [-0.2, 0) is 20.9 Å². The summed E-state index contributed by atoms with van der Waals surface area (Å²) in [4.78, 5) is 23.6. The predicted molar refractivity (Wildman–Crippen MR) is 102 cm³/mol. The number of anilines is 1. The van der Waals surface area contributed by atoms with Gasteiger partial charge < -0.3 is 25.4 Å². The van der Waals surface area contributed by atoms with Crippen molar-refractivity contribution in [3.63, 3.8) is 0 Å². The maximum atomic E-state index is 12.0. The molecule has 1 rings (SSSR count). The van der Waals surface area contributed by atoms with E-state index in [1.165, 1.54) is 0 Å². The second-order valence-electron chi connectivity index (χ2n) is 5.93. The molecule has 1 unspecified atom stereocenters. The van der Waals surface area contributed by atoms with Gasteiger partial charge in [0.15, 0.2) is 0 Å². The topological polar surface area (TPSA) is 88.7 Å². The van der Waals surface area contributed by atoms with Gasteiger partial charge >= 0.3 is 6.03 Å². The van der Waals surface area contributed by atoms with Crippen molar-refractivity contribution < 1.29 is 19.1 Å². The van der Waals surface area contributed by atoms with E-state index in [0.29, 0.717) is 32.1 Å². The van der Waals surface area contributed by atoms with Gasteiger partial charge in [-0.1, -0.05) is 25.5 Å². The smallest absolute Gasteiger partial charge is 0.319 e. The molecule has 7 nitrogen and oxygen atoms in total. The third-order valence-electron chi connectivity index (χ3n) is 3.56. The highest BCUT2D eigenvalue weighted by atomic mass is 16.5. The van der Waals surface area contributed by atoms with E-state index in [4.69, 9.17) is 9.47 Å². The number of nitrogens with one attached hydrogen (secondary N) is 3. The normalized spacial score (nSPS) is 11.7. The summed E-state index contributed by atoms with van der Waals surface area (Å²) < 4.78 is 11.0. The van der Waals surface area contributed by atoms with E-state index in [9.17, 15) is 9.59 Å². The zero-order valence-corrected chi connectivity index (χ0v) is 16.0. The average Bonchev–Trinajstić information content (AvgIpc) is 2.61. The number of hydrogen-bond acceptors (Lipinski definition) is 4. The lowest BCUT2D eigenvalue weighted by Gasteiger charge is -2.14. The Kier molecular flexibility index (Phi) is 11.1. The fraction of sp³-hybridized carbons (Fsp3) is 0.579. The maximum absolute atomic E-state index is 12.0. The number of carbonyl (C=O) groups excluding carboxylic acids is 2. The predicted octanol–water partition coefficient (Wildman–Crippen LogP) is 2.67. The summed E-state index contributed by atoms with van der Waals surface area (Å²) in [5, 5.41) is 7.98. The van der Waals surface area contributed by atoms with Crippen LogP contribution in [0.3, 0.4) is 0 Å². The van der Waals surface area contributed by atoms with Crippen LogP contribution in [0.5, 0.6) is 0 Å². The highest BCUT2D eigenvalue weighted by Gasteiger charge is 2.14. The zero-order valence-electron chi connectivity index (χ0n) is 16.0. The lowest BCUT2D eigenvalue weighted by Crippen LogP contribution is -2.46. The Labute approximate surface area is 155 Å². The lowest BCUT2D eigenvalue weighted by molar-refractivity contribution is -0.122. The van der Waals surface area contributed by atoms with Crippen LogP contribution in [0.25, 0.3) is 0 Å². The summed E-state index contributed by atoms with van der Waals surface area (Å²) in [5.41, 5.74) is 1.60. The highest BCUT2D eigenvalue weighted by Crippen LogP contribution is 2.11. The third kappa shape index (κ3) is 9.39. The molecule has 0 bridgehead atoms. The van der Waals surface area contributed by atoms with Crippen molar-refractivity contribution in [3.05, 3.63) is 29.8 Å². The fourth-order valence-electron chi connectivity index (χ4n) is 2.15. The van der Waals surface area contributed by atoms with Crippen molar-refractivity contribution in [2.45, 2.75) is 46.3 Å². The zero-order chi connectivity index (χ0) is 19.2. The molecule has 3 N–H and O–H groups in total. The minimum atomic E-state index is -0.603. The number of carbonyl (C=O) groups is 2. The van der Waals surface area contributed by atoms with E-state index in [1.807, 2.05) is 25.1 Å². The quantitative estimate of drug-likeness (QED) is 0.497. The molecule has 0 fully saturated rings. The Morgan fingerprint density at radius 1 is 1.12 bits per heavy atom. The van der Waals surface area contributed by atoms with Gasteiger partial charge in [-0.2, -0.15) is 0 Å². The number of ether oxygens (including phenoxy) is 2. The first-order valence-corrected chi connectivity index (χ1v) is 9.16. The van der Waals surface area contributed by atoms with Gasteiger partial charge in [0.05, 0.1) is 19.8 Å². The number of benzene rings is 1. The number of amides is 3. The summed E-state index contributed by atoms with van der Waals surface area (Å²) in [7, 11) is 0. The van der Waals surface area contributed by atoms with E-state index < -0.39 is 12.1 Å². The molecule has 0 spiro atoms. The number of unbranched alkanes of at least 4 members (excludes halogenated alkanes) is 1. The first-order valence-electron chi connectivity index (χ1n) is 9.16. The number of likely N-dealkylation sites (N-methyl/N-ethyl adjacent to an activating group) is 1. The molecule has 3 amide bonds. The van der Waals surface area contributed by atoms with Gasteiger partial charge in [-0.05, 0) is 38.0 Å². The molecule has 0 saturated carbocycles. The van der Waals surface area contributed by atoms with Crippen LogP contribution in [0.4, 0.5) is 10.5 Å². The van der Waals surface area contributed by atoms with Gasteiger partial charge in [-0.3, -0.25) is 4.79 Å². The standard InChI is InChI=1S/C19H31N3O4/c1-4-6-10-25-11-12-26-14-16-8-7-9-17(13-16)22-19(24)21-15(3)18(23)20-5-2/h7-9,13,15H,4-6,10-12,14H2,1-3H3,(H,20,23)(H2,21,22,24). The molecule has 7 heteroatoms. The first kappa shape index (κ1) is 21.9. The second-order valence-corrected chi connectivity index (χ2v) is 5.93. The molecule has 1 aromatic rings. The second kappa shape index (κ2) is 13.1. The Bertz CT molecular complexity index is 551. The van der Waals surface area contributed by atoms with Gasteiger partial charge in [0.2, 0.25) is 5.91 Å². The number of urea groups is 1. The van der Waals surface area contributed by atoms with Gasteiger partial charge in [0.1, 0.15) is 6.04 Å². The molecule has 0 heterocycles. The Morgan fingerprint density at radius 2 is 1.88 bits per heavy atom. The number of hydrogen-bond donors (Lipinski definition) is 3. The largest absolute Gasteiger partial charge is 0.379 e. The maximum Gasteiger partial charge on any atom is 0.319 e. The van der Waals surface area contributed by atoms with E-state index in [1.54, 1.807) is 13.0 Å². The van der Waals surface area contributed by atoms with Crippen molar-refractivity contribution in [2.24, 2.45) is 0 Å². The van der Waals surface area contributed by atoms with E-state index in [2.05, 4.69) is 22.9 Å². The summed E-state index contributed by atoms with van der Waals surface area (Å²) in [6.07, 6.45) is 2.19. The molecule has 26 heavy (non-hydrogen) atoms. The minimum absolute atomic E-state index is 0.217. The minimum Gasteiger partial charge on any atom is -0.379 e. The monoisotopic (exact) mass is 365 g/mol. The molecule has 0 aliphatic heterocycles. The Balaban J connectivity index is 2.34. The van der Waals surface area contributed by atoms with Crippen molar-refractivity contribution in [2.75, 3.05) is 31.7 Å². The van der Waals surface area contributed by atoms with E-state index in [0.717, 1.165) is 25.0 Å². The fourth-order valence-corrected chi connectivity index (χ4v) is 2.15. The molecule has 146 valence electrons. The highest BCUT2D eigenvalue weighted by molar-refractivity contribution is 5.93. The molecule has 0 aliphatic carbocycles. The molecule has 0 saturated heterocycles. The first-order chi connectivity index (χ1) is 12.6. The van der Waals surface area contributed by atoms with E-state index >= 15 is 0 Å². The Hall–Kier alpha value is -2.12. The third-order valence-corrected chi connectivity index (χ3v) is 3.56. The van der Waals surface area contributed by atoms with Crippen LogP contribution >= 0.6 is 0 Å². The van der Waals surface area contributed by atoms with Crippen LogP contribution in [0.15, 0.2) is 24.3 Å². The van der Waals surface area contributed by atoms with E-state index in [-0.39, 0.29) is 5.91 Å². The summed E-state index contributed by atoms with van der Waals surface area (Å²) in [5.74, 6) is -0.217. The summed E-state index contributed by atoms with van der Waals surface area (Å²) in [6, 6.07) is 6.37. The molecule has 1 atom stereocenters. The summed E-state index contributed by atoms with van der Waals surface area (Å²) in [6.45, 7) is 8.45. The molecular formula is C19H31N3O4. The molecular weight excluding hydrogens is 334 g/mol. The van der Waals surface area contributed by atoms with Crippen LogP contribution in [-0.4, -0.2) is 44.3 Å². The average molecular weight is 365 g/mol. The van der Waals surface area contributed by atoms with Crippen molar-refractivity contribution >= 4 is 17.6 Å². The molecule has 0 aliphatic rings. The summed E-state index contributed by atoms with van der Waals surface area (Å²) >= 11 is 0. The Morgan fingerprint density at radius 3 is 2.62 bits per heavy atom. The van der Waals surface area contributed by atoms with Gasteiger partial charge in [0.25, 0.3) is 0 Å². The number of rotatable bonds is 12. The van der Waals surface area contributed by atoms with Crippen LogP contribution in [0.1, 0.15) is 39.2 Å². The van der Waals surface area contributed by atoms with Crippen LogP contribution in [0.2, 0.25) is 0 Å². The molecule has 0 aromatic heterocycles. The van der Waals surface area contributed by atoms with Gasteiger partial charge in [-0.15, -0.1) is 0 Å². The van der Waals surface area contributed by atoms with Crippen LogP contribution < -0.4 is 16.0 Å². The van der Waals surface area contributed by atoms with Crippen LogP contribution in [0, 0.1) is 0 Å². The molecule has 1 aromatic carbocycles. The van der Waals surface area contributed by atoms with Crippen molar-refractivity contribution in [3.8, 4) is 0 Å². The molecule has 0 radical (unpaired) electrons. The lowest BCUT2D eigenvalue weighted by atomic mass is 10.2. The van der Waals surface area contributed by atoms with Crippen molar-refractivity contribution in [1.82, 2.24) is 10.6 Å². The SMILES string of the molecule is CCCCOCCOCc1cccc(NC(=O)NC(C)C(=O)NCC)c1. The van der Waals surface area contributed by atoms with Crippen molar-refractivity contribution in [1.29, 1.82) is 0 Å². The van der Waals surface area contributed by atoms with Gasteiger partial charge in [-0.25, -0.2) is 4.79 Å².